The summed E-state index contributed by atoms with van der Waals surface area (Å²) in [5, 5.41) is 11.8. The molecule has 3 aromatic heterocycles. The number of anilines is 2. The largest absolute Gasteiger partial charge is 0.378 e. The van der Waals surface area contributed by atoms with Crippen molar-refractivity contribution in [1.82, 2.24) is 29.9 Å². The summed E-state index contributed by atoms with van der Waals surface area (Å²) < 4.78 is 7.26. The minimum absolute atomic E-state index is 0.0261. The van der Waals surface area contributed by atoms with Crippen molar-refractivity contribution in [3.05, 3.63) is 60.4 Å². The lowest BCUT2D eigenvalue weighted by atomic mass is 10.0. The van der Waals surface area contributed by atoms with Crippen molar-refractivity contribution in [3.8, 4) is 11.1 Å². The van der Waals surface area contributed by atoms with E-state index in [0.717, 1.165) is 22.2 Å². The molecular formula is C25H27N7O2. The van der Waals surface area contributed by atoms with E-state index in [0.29, 0.717) is 43.5 Å². The highest BCUT2D eigenvalue weighted by Crippen LogP contribution is 2.28. The van der Waals surface area contributed by atoms with E-state index in [1.54, 1.807) is 29.4 Å². The summed E-state index contributed by atoms with van der Waals surface area (Å²) >= 11 is 0. The summed E-state index contributed by atoms with van der Waals surface area (Å²) in [6, 6.07) is 13.6. The lowest BCUT2D eigenvalue weighted by Gasteiger charge is -2.26. The Kier molecular flexibility index (Phi) is 5.70. The van der Waals surface area contributed by atoms with Crippen LogP contribution in [0.25, 0.3) is 22.2 Å². The zero-order valence-electron chi connectivity index (χ0n) is 19.5. The fourth-order valence-electron chi connectivity index (χ4n) is 3.95. The molecule has 1 aliphatic rings. The molecule has 0 bridgehead atoms. The van der Waals surface area contributed by atoms with Gasteiger partial charge in [-0.2, -0.15) is 0 Å². The van der Waals surface area contributed by atoms with E-state index in [-0.39, 0.29) is 11.4 Å². The monoisotopic (exact) mass is 457 g/mol. The maximum absolute atomic E-state index is 12.6. The average molecular weight is 458 g/mol. The van der Waals surface area contributed by atoms with Crippen molar-refractivity contribution >= 4 is 28.6 Å². The third-order valence-electron chi connectivity index (χ3n) is 5.74. The average Bonchev–Trinajstić information content (AvgIpc) is 3.29. The lowest BCUT2D eigenvalue weighted by molar-refractivity contribution is 0.0302. The fourth-order valence-corrected chi connectivity index (χ4v) is 3.95. The summed E-state index contributed by atoms with van der Waals surface area (Å²) in [6.45, 7) is 8.67. The topological polar surface area (TPSA) is 98.1 Å². The maximum Gasteiger partial charge on any atom is 0.255 e. The molecule has 0 spiro atoms. The first-order valence-corrected chi connectivity index (χ1v) is 11.3. The van der Waals surface area contributed by atoms with E-state index in [2.05, 4.69) is 52.4 Å². The Morgan fingerprint density at radius 1 is 0.971 bits per heavy atom. The predicted octanol–water partition coefficient (Wildman–Crippen LogP) is 3.86. The second-order valence-electron chi connectivity index (χ2n) is 9.27. The lowest BCUT2D eigenvalue weighted by Crippen LogP contribution is -2.40. The third-order valence-corrected chi connectivity index (χ3v) is 5.74. The van der Waals surface area contributed by atoms with Gasteiger partial charge < -0.3 is 15.0 Å². The number of benzene rings is 1. The van der Waals surface area contributed by atoms with Crippen molar-refractivity contribution in [2.45, 2.75) is 26.3 Å². The molecule has 9 heteroatoms. The molecular weight excluding hydrogens is 430 g/mol. The highest BCUT2D eigenvalue weighted by molar-refractivity contribution is 5.94. The van der Waals surface area contributed by atoms with Gasteiger partial charge >= 0.3 is 0 Å². The van der Waals surface area contributed by atoms with Crippen molar-refractivity contribution in [2.75, 3.05) is 31.6 Å². The van der Waals surface area contributed by atoms with Crippen LogP contribution in [0.15, 0.2) is 54.9 Å². The van der Waals surface area contributed by atoms with Crippen molar-refractivity contribution in [3.63, 3.8) is 0 Å². The first-order valence-electron chi connectivity index (χ1n) is 11.3. The van der Waals surface area contributed by atoms with Gasteiger partial charge in [-0.15, -0.1) is 5.10 Å². The Balaban J connectivity index is 1.35. The zero-order valence-corrected chi connectivity index (χ0v) is 19.5. The number of morpholine rings is 1. The van der Waals surface area contributed by atoms with E-state index in [4.69, 9.17) is 4.74 Å². The van der Waals surface area contributed by atoms with E-state index < -0.39 is 0 Å². The number of hydrogen-bond donors (Lipinski definition) is 1. The van der Waals surface area contributed by atoms with Crippen LogP contribution < -0.4 is 5.32 Å². The van der Waals surface area contributed by atoms with Crippen LogP contribution in [0.3, 0.4) is 0 Å². The first-order chi connectivity index (χ1) is 16.4. The van der Waals surface area contributed by atoms with Crippen molar-refractivity contribution < 1.29 is 9.53 Å². The van der Waals surface area contributed by atoms with Crippen LogP contribution in [-0.4, -0.2) is 62.1 Å². The molecule has 1 aromatic carbocycles. The van der Waals surface area contributed by atoms with Gasteiger partial charge in [0.2, 0.25) is 0 Å². The van der Waals surface area contributed by atoms with Gasteiger partial charge in [0.1, 0.15) is 17.2 Å². The van der Waals surface area contributed by atoms with Crippen LogP contribution in [0.2, 0.25) is 0 Å². The van der Waals surface area contributed by atoms with Gasteiger partial charge in [-0.25, -0.2) is 14.6 Å². The molecule has 0 aliphatic carbocycles. The molecule has 0 unspecified atom stereocenters. The molecule has 1 amide bonds. The molecule has 0 radical (unpaired) electrons. The van der Waals surface area contributed by atoms with Crippen molar-refractivity contribution in [2.24, 2.45) is 0 Å². The number of hydrogen-bond acceptors (Lipinski definition) is 7. The highest BCUT2D eigenvalue weighted by atomic mass is 16.5. The van der Waals surface area contributed by atoms with Gasteiger partial charge in [0.05, 0.1) is 29.8 Å². The second-order valence-corrected chi connectivity index (χ2v) is 9.27. The quantitative estimate of drug-likeness (QED) is 0.497. The summed E-state index contributed by atoms with van der Waals surface area (Å²) in [7, 11) is 0. The number of pyridine rings is 2. The smallest absolute Gasteiger partial charge is 0.255 e. The SMILES string of the molecule is CC(C)(C)n1nnc2ccc(-c3ccnc(Nc4ccc(C(=O)N5CCOCC5)cn4)c3)cc21. The van der Waals surface area contributed by atoms with Gasteiger partial charge in [0.15, 0.2) is 0 Å². The molecule has 0 atom stereocenters. The first kappa shape index (κ1) is 22.0. The van der Waals surface area contributed by atoms with Gasteiger partial charge in [-0.1, -0.05) is 11.3 Å². The van der Waals surface area contributed by atoms with Crippen LogP contribution in [0.5, 0.6) is 0 Å². The molecule has 9 nitrogen and oxygen atoms in total. The number of aromatic nitrogens is 5. The summed E-state index contributed by atoms with van der Waals surface area (Å²) in [4.78, 5) is 23.3. The van der Waals surface area contributed by atoms with Crippen LogP contribution >= 0.6 is 0 Å². The zero-order chi connectivity index (χ0) is 23.7. The molecule has 5 rings (SSSR count). The number of ether oxygens (including phenoxy) is 1. The number of carbonyl (C=O) groups excluding carboxylic acids is 1. The molecule has 1 saturated heterocycles. The van der Waals surface area contributed by atoms with E-state index in [9.17, 15) is 4.79 Å². The standard InChI is InChI=1S/C25H27N7O2/c1-25(2,3)32-21-14-17(4-6-20(21)29-30-32)18-8-9-26-23(15-18)28-22-7-5-19(16-27-22)24(33)31-10-12-34-13-11-31/h4-9,14-16H,10-13H2,1-3H3,(H,26,27,28). The number of nitrogens with one attached hydrogen (secondary N) is 1. The number of amides is 1. The van der Waals surface area contributed by atoms with Crippen LogP contribution in [0.1, 0.15) is 31.1 Å². The van der Waals surface area contributed by atoms with Gasteiger partial charge in [-0.3, -0.25) is 4.79 Å². The van der Waals surface area contributed by atoms with E-state index in [1.807, 2.05) is 28.9 Å². The Morgan fingerprint density at radius 2 is 1.76 bits per heavy atom. The predicted molar refractivity (Wildman–Crippen MR) is 130 cm³/mol. The van der Waals surface area contributed by atoms with Crippen LogP contribution in [0, 0.1) is 0 Å². The molecule has 0 saturated carbocycles. The van der Waals surface area contributed by atoms with Gasteiger partial charge in [0.25, 0.3) is 5.91 Å². The minimum atomic E-state index is -0.167. The number of fused-ring (bicyclic) bond motifs is 1. The number of nitrogens with zero attached hydrogens (tertiary/aromatic N) is 6. The Morgan fingerprint density at radius 3 is 2.50 bits per heavy atom. The number of carbonyl (C=O) groups is 1. The number of rotatable bonds is 4. The second kappa shape index (κ2) is 8.83. The molecule has 34 heavy (non-hydrogen) atoms. The Labute approximate surface area is 197 Å². The van der Waals surface area contributed by atoms with Gasteiger partial charge in [0, 0.05) is 25.5 Å². The fraction of sp³-hybridized carbons (Fsp3) is 0.320. The Hall–Kier alpha value is -3.85. The summed E-state index contributed by atoms with van der Waals surface area (Å²) in [5.41, 5.74) is 4.30. The summed E-state index contributed by atoms with van der Waals surface area (Å²) in [5.74, 6) is 1.26. The molecule has 174 valence electrons. The molecule has 4 aromatic rings. The van der Waals surface area contributed by atoms with Gasteiger partial charge in [-0.05, 0) is 68.3 Å². The van der Waals surface area contributed by atoms with Crippen LogP contribution in [-0.2, 0) is 10.3 Å². The van der Waals surface area contributed by atoms with E-state index in [1.165, 1.54) is 0 Å². The normalized spacial score (nSPS) is 14.4. The minimum Gasteiger partial charge on any atom is -0.378 e. The molecule has 1 N–H and O–H groups in total. The highest BCUT2D eigenvalue weighted by Gasteiger charge is 2.19. The maximum atomic E-state index is 12.6. The molecule has 1 fully saturated rings. The third kappa shape index (κ3) is 4.47. The summed E-state index contributed by atoms with van der Waals surface area (Å²) in [6.07, 6.45) is 3.36. The van der Waals surface area contributed by atoms with Crippen LogP contribution in [0.4, 0.5) is 11.6 Å². The Bertz CT molecular complexity index is 1320. The molecule has 1 aliphatic heterocycles. The van der Waals surface area contributed by atoms with E-state index >= 15 is 0 Å². The van der Waals surface area contributed by atoms with Crippen molar-refractivity contribution in [1.29, 1.82) is 0 Å². The molecule has 4 heterocycles.